The second kappa shape index (κ2) is 19.5. The monoisotopic (exact) mass is 1140 g/mol. The second-order valence-electron chi connectivity index (χ2n) is 23.6. The van der Waals surface area contributed by atoms with Gasteiger partial charge in [0, 0.05) is 51.1 Å². The molecule has 7 aromatic carbocycles. The Hall–Kier alpha value is -6.42. The summed E-state index contributed by atoms with van der Waals surface area (Å²) < 4.78 is 9.37. The van der Waals surface area contributed by atoms with E-state index < -0.39 is 0 Å². The zero-order valence-corrected chi connectivity index (χ0v) is 47.5. The number of benzene rings is 7. The quantitative estimate of drug-likeness (QED) is 0.135. The minimum absolute atomic E-state index is 0. The number of hydrogen-bond acceptors (Lipinski definition) is 4. The van der Waals surface area contributed by atoms with E-state index in [4.69, 9.17) is 9.72 Å². The molecule has 2 aromatic heterocycles. The van der Waals surface area contributed by atoms with E-state index in [0.29, 0.717) is 11.5 Å². The molecule has 1 aliphatic heterocycles. The average molecular weight is 1140 g/mol. The summed E-state index contributed by atoms with van der Waals surface area (Å²) >= 11 is 0. The van der Waals surface area contributed by atoms with Crippen molar-refractivity contribution in [1.29, 1.82) is 0 Å². The number of anilines is 4. The van der Waals surface area contributed by atoms with Gasteiger partial charge in [-0.15, -0.1) is 53.8 Å². The average Bonchev–Trinajstić information content (AvgIpc) is 3.90. The number of hydrogen-bond donors (Lipinski definition) is 0. The van der Waals surface area contributed by atoms with Gasteiger partial charge in [0.15, 0.2) is 0 Å². The molecule has 0 atom stereocenters. The smallest absolute Gasteiger partial charge is 0.509 e. The third-order valence-corrected chi connectivity index (χ3v) is 14.7. The summed E-state index contributed by atoms with van der Waals surface area (Å²) in [5.41, 5.74) is 13.7. The largest absolute Gasteiger partial charge is 4.00 e. The van der Waals surface area contributed by atoms with Gasteiger partial charge in [0.2, 0.25) is 0 Å². The van der Waals surface area contributed by atoms with Crippen molar-refractivity contribution in [3.8, 4) is 17.3 Å². The minimum atomic E-state index is -0.271. The molecule has 73 heavy (non-hydrogen) atoms. The van der Waals surface area contributed by atoms with Crippen molar-refractivity contribution in [2.75, 3.05) is 9.80 Å². The maximum atomic E-state index is 7.11. The third-order valence-electron chi connectivity index (χ3n) is 14.7. The van der Waals surface area contributed by atoms with E-state index in [1.54, 1.807) is 0 Å². The number of fused-ring (bicyclic) bond motifs is 4. The second-order valence-corrected chi connectivity index (χ2v) is 23.6. The molecule has 0 saturated carbocycles. The number of rotatable bonds is 9. The van der Waals surface area contributed by atoms with Gasteiger partial charge in [-0.2, -0.15) is 0 Å². The number of ether oxygens (including phenoxy) is 1. The fourth-order valence-corrected chi connectivity index (χ4v) is 10.2. The van der Waals surface area contributed by atoms with Crippen molar-refractivity contribution in [2.45, 2.75) is 117 Å². The minimum Gasteiger partial charge on any atom is -0.509 e. The molecule has 6 heteroatoms. The van der Waals surface area contributed by atoms with Gasteiger partial charge in [-0.05, 0) is 91.9 Å². The maximum Gasteiger partial charge on any atom is 4.00 e. The number of pyridine rings is 1. The van der Waals surface area contributed by atoms with Gasteiger partial charge in [-0.3, -0.25) is 0 Å². The van der Waals surface area contributed by atoms with Gasteiger partial charge in [-0.1, -0.05) is 198 Å². The normalized spacial score (nSPS) is 13.2. The van der Waals surface area contributed by atoms with E-state index in [0.717, 1.165) is 50.6 Å². The van der Waals surface area contributed by atoms with E-state index in [9.17, 15) is 0 Å². The Morgan fingerprint density at radius 1 is 0.479 bits per heavy atom. The Balaban J connectivity index is 0.00000356. The van der Waals surface area contributed by atoms with Crippen LogP contribution in [0.3, 0.4) is 0 Å². The van der Waals surface area contributed by atoms with Crippen molar-refractivity contribution < 1.29 is 25.8 Å². The van der Waals surface area contributed by atoms with Crippen LogP contribution < -0.4 is 14.5 Å². The number of nitrogens with zero attached hydrogens (tertiary/aromatic N) is 4. The first kappa shape index (κ1) is 52.9. The first-order chi connectivity index (χ1) is 33.6. The zero-order chi connectivity index (χ0) is 50.3. The molecule has 10 rings (SSSR count). The Kier molecular flexibility index (Phi) is 14.1. The molecule has 0 aliphatic carbocycles. The van der Waals surface area contributed by atoms with Gasteiger partial charge in [-0.25, -0.2) is 4.98 Å². The van der Waals surface area contributed by atoms with Crippen molar-refractivity contribution >= 4 is 44.6 Å². The van der Waals surface area contributed by atoms with Crippen LogP contribution in [0.5, 0.6) is 11.5 Å². The fourth-order valence-electron chi connectivity index (χ4n) is 10.2. The molecule has 0 fully saturated rings. The topological polar surface area (TPSA) is 33.5 Å². The molecule has 1 aliphatic rings. The van der Waals surface area contributed by atoms with Crippen molar-refractivity contribution in [3.05, 3.63) is 229 Å². The molecule has 0 bridgehead atoms. The molecular weight excluding hydrogens is 1070 g/mol. The van der Waals surface area contributed by atoms with Crippen molar-refractivity contribution in [2.24, 2.45) is 0 Å². The van der Waals surface area contributed by atoms with E-state index in [1.165, 1.54) is 38.8 Å². The van der Waals surface area contributed by atoms with Gasteiger partial charge in [0.05, 0.1) is 0 Å². The van der Waals surface area contributed by atoms with Crippen LogP contribution in [0.4, 0.5) is 22.7 Å². The van der Waals surface area contributed by atoms with Crippen LogP contribution in [0, 0.1) is 26.2 Å². The maximum absolute atomic E-state index is 7.11. The van der Waals surface area contributed by atoms with E-state index >= 15 is 0 Å². The predicted molar refractivity (Wildman–Crippen MR) is 304 cm³/mol. The Bertz CT molecular complexity index is 3370. The fraction of sp³-hybridized carbons (Fsp3) is 0.269. The molecule has 0 spiro atoms. The molecule has 0 radical (unpaired) electrons. The van der Waals surface area contributed by atoms with Crippen molar-refractivity contribution in [3.63, 3.8) is 0 Å². The van der Waals surface area contributed by atoms with Crippen LogP contribution in [0.15, 0.2) is 164 Å². The summed E-state index contributed by atoms with van der Waals surface area (Å²) in [6, 6.07) is 64.8. The van der Waals surface area contributed by atoms with Crippen LogP contribution in [0.2, 0.25) is 0 Å². The molecule has 5 nitrogen and oxygen atoms in total. The molecule has 3 heterocycles. The summed E-state index contributed by atoms with van der Waals surface area (Å²) in [6.45, 7) is 31.9. The van der Waals surface area contributed by atoms with Gasteiger partial charge >= 0.3 is 21.1 Å². The van der Waals surface area contributed by atoms with E-state index in [-0.39, 0.29) is 55.6 Å². The molecule has 0 saturated heterocycles. The standard InChI is InChI=1S/C66H67N4O.CH3.Pt/c1-62(2,3)46-32-33-67-60(39-46)70-56-29-21-20-28-54(56)61-55(64(7,8)9)41-53(42-59(61)70)71-52-38-47(63(4,5)6)35-51(40-52)69-43-68(57-30-22-23-31-58(57)69)50-36-48(65(10,11)44-24-16-14-17-25-44)34-49(37-50)66(12,13)45-26-18-15-19-27-45;;/h14-39,41,43H,1-13H3;1H3;/q-3;-1;+4. The molecule has 9 aromatic rings. The Labute approximate surface area is 450 Å². The number of para-hydroxylation sites is 3. The first-order valence-electron chi connectivity index (χ1n) is 25.1. The summed E-state index contributed by atoms with van der Waals surface area (Å²) in [7, 11) is 0. The molecule has 0 unspecified atom stereocenters. The summed E-state index contributed by atoms with van der Waals surface area (Å²) in [4.78, 5) is 9.61. The van der Waals surface area contributed by atoms with E-state index in [2.05, 4.69) is 281 Å². The van der Waals surface area contributed by atoms with Gasteiger partial charge in [0.1, 0.15) is 5.82 Å². The SMILES string of the molecule is CC(C)(C)c1cc(Oc2[c-]c3c(c(C(C)(C)C)c2)c2ccccc2n3-c2cc(C(C)(C)C)ccn2)[c-]c(N2[CH-]N(c3cc(C(C)(C)c4ccccc4)cc(C(C)(C)c4ccccc4)c3)c3ccccc32)c1.[CH3-].[Pt+4]. The summed E-state index contributed by atoms with van der Waals surface area (Å²) in [5, 5.41) is 2.32. The van der Waals surface area contributed by atoms with Crippen LogP contribution >= 0.6 is 0 Å². The first-order valence-corrected chi connectivity index (χ1v) is 25.1. The summed E-state index contributed by atoms with van der Waals surface area (Å²) in [6.07, 6.45) is 1.93. The molecule has 0 amide bonds. The van der Waals surface area contributed by atoms with Crippen LogP contribution in [-0.4, -0.2) is 9.55 Å². The van der Waals surface area contributed by atoms with Crippen LogP contribution in [-0.2, 0) is 48.1 Å². The van der Waals surface area contributed by atoms with Crippen molar-refractivity contribution in [1.82, 2.24) is 9.55 Å². The molecule has 374 valence electrons. The van der Waals surface area contributed by atoms with E-state index in [1.807, 2.05) is 6.20 Å². The summed E-state index contributed by atoms with van der Waals surface area (Å²) in [5.74, 6) is 2.12. The van der Waals surface area contributed by atoms with Gasteiger partial charge < -0.3 is 26.5 Å². The number of aromatic nitrogens is 2. The predicted octanol–water partition coefficient (Wildman–Crippen LogP) is 18.0. The van der Waals surface area contributed by atoms with Crippen LogP contribution in [0.25, 0.3) is 27.6 Å². The van der Waals surface area contributed by atoms with Crippen LogP contribution in [0.1, 0.15) is 129 Å². The molecular formula is C67H70N4OPt. The Morgan fingerprint density at radius 2 is 1.01 bits per heavy atom. The molecule has 0 N–H and O–H groups in total. The Morgan fingerprint density at radius 3 is 1.59 bits per heavy atom. The van der Waals surface area contributed by atoms with Gasteiger partial charge in [0.25, 0.3) is 0 Å². The zero-order valence-electron chi connectivity index (χ0n) is 45.2. The third kappa shape index (κ3) is 9.91.